The molecule has 0 radical (unpaired) electrons. The Morgan fingerprint density at radius 3 is 2.72 bits per heavy atom. The lowest BCUT2D eigenvalue weighted by atomic mass is 10.0. The molecule has 102 valence electrons. The lowest BCUT2D eigenvalue weighted by Crippen LogP contribution is -2.35. The Morgan fingerprint density at radius 2 is 2.11 bits per heavy atom. The highest BCUT2D eigenvalue weighted by Gasteiger charge is 2.19. The lowest BCUT2D eigenvalue weighted by Gasteiger charge is -2.23. The van der Waals surface area contributed by atoms with Crippen LogP contribution in [0.15, 0.2) is 6.07 Å². The van der Waals surface area contributed by atoms with Crippen molar-refractivity contribution in [2.24, 2.45) is 5.84 Å². The largest absolute Gasteiger partial charge is 0.388 e. The number of nitrogens with one attached hydrogen (secondary N) is 2. The van der Waals surface area contributed by atoms with Crippen molar-refractivity contribution in [1.29, 1.82) is 0 Å². The summed E-state index contributed by atoms with van der Waals surface area (Å²) in [5.74, 6) is 6.24. The maximum absolute atomic E-state index is 10.0. The normalized spacial score (nSPS) is 14.0. The summed E-state index contributed by atoms with van der Waals surface area (Å²) in [6.07, 6.45) is 0.513. The first-order valence-electron chi connectivity index (χ1n) is 5.53. The lowest BCUT2D eigenvalue weighted by molar-refractivity contribution is 0.0357. The van der Waals surface area contributed by atoms with Gasteiger partial charge in [-0.05, 0) is 6.92 Å². The summed E-state index contributed by atoms with van der Waals surface area (Å²) < 4.78 is 4.93. The zero-order valence-electron chi connectivity index (χ0n) is 10.6. The van der Waals surface area contributed by atoms with Gasteiger partial charge in [-0.25, -0.2) is 5.84 Å². The van der Waals surface area contributed by atoms with E-state index in [-0.39, 0.29) is 5.95 Å². The highest BCUT2D eigenvalue weighted by molar-refractivity contribution is 5.50. The summed E-state index contributed by atoms with van der Waals surface area (Å²) >= 11 is 0. The second-order valence-corrected chi connectivity index (χ2v) is 4.23. The highest BCUT2D eigenvalue weighted by Crippen LogP contribution is 2.14. The molecule has 0 fully saturated rings. The standard InChI is InChI=1S/C10H20N6O2/c1-10(17,3-4-18-2)6-13-7-5-8(16-12)15-9(11)14-7/h5,17H,3-4,6,12H2,1-2H3,(H4,11,13,14,15,16). The van der Waals surface area contributed by atoms with E-state index in [1.54, 1.807) is 20.1 Å². The molecule has 1 atom stereocenters. The van der Waals surface area contributed by atoms with Gasteiger partial charge in [0, 0.05) is 32.7 Å². The summed E-state index contributed by atoms with van der Waals surface area (Å²) in [6, 6.07) is 1.60. The van der Waals surface area contributed by atoms with Gasteiger partial charge < -0.3 is 26.3 Å². The molecule has 1 rings (SSSR count). The van der Waals surface area contributed by atoms with Crippen LogP contribution in [0.5, 0.6) is 0 Å². The number of hydrogen-bond acceptors (Lipinski definition) is 8. The van der Waals surface area contributed by atoms with Crippen molar-refractivity contribution >= 4 is 17.6 Å². The van der Waals surface area contributed by atoms with E-state index in [2.05, 4.69) is 20.7 Å². The average molecular weight is 256 g/mol. The number of hydrogen-bond donors (Lipinski definition) is 5. The number of nitrogen functional groups attached to an aromatic ring is 2. The number of hydrazine groups is 1. The minimum absolute atomic E-state index is 0.101. The predicted molar refractivity (Wildman–Crippen MR) is 69.9 cm³/mol. The van der Waals surface area contributed by atoms with E-state index in [9.17, 15) is 5.11 Å². The first-order chi connectivity index (χ1) is 8.46. The molecule has 18 heavy (non-hydrogen) atoms. The molecule has 1 aromatic rings. The quantitative estimate of drug-likeness (QED) is 0.327. The van der Waals surface area contributed by atoms with Crippen LogP contribution in [0, 0.1) is 0 Å². The summed E-state index contributed by atoms with van der Waals surface area (Å²) in [7, 11) is 1.59. The molecule has 0 saturated carbocycles. The van der Waals surface area contributed by atoms with Crippen LogP contribution in [0.4, 0.5) is 17.6 Å². The molecular formula is C10H20N6O2. The van der Waals surface area contributed by atoms with E-state index in [0.717, 1.165) is 0 Å². The number of anilines is 3. The fourth-order valence-electron chi connectivity index (χ4n) is 1.32. The summed E-state index contributed by atoms with van der Waals surface area (Å²) in [6.45, 7) is 2.51. The van der Waals surface area contributed by atoms with Crippen molar-refractivity contribution in [3.05, 3.63) is 6.07 Å². The second kappa shape index (κ2) is 6.34. The molecule has 1 unspecified atom stereocenters. The molecule has 0 aromatic carbocycles. The van der Waals surface area contributed by atoms with E-state index in [1.807, 2.05) is 0 Å². The Labute approximate surface area is 106 Å². The number of ether oxygens (including phenoxy) is 1. The molecule has 0 aliphatic rings. The van der Waals surface area contributed by atoms with Crippen LogP contribution in [0.25, 0.3) is 0 Å². The van der Waals surface area contributed by atoms with Gasteiger partial charge in [0.2, 0.25) is 5.95 Å². The van der Waals surface area contributed by atoms with Crippen LogP contribution >= 0.6 is 0 Å². The molecule has 0 bridgehead atoms. The van der Waals surface area contributed by atoms with E-state index in [1.165, 1.54) is 0 Å². The van der Waals surface area contributed by atoms with Crippen LogP contribution in [-0.4, -0.2) is 40.9 Å². The van der Waals surface area contributed by atoms with Gasteiger partial charge in [-0.2, -0.15) is 9.97 Å². The Bertz CT molecular complexity index is 385. The Morgan fingerprint density at radius 1 is 1.44 bits per heavy atom. The van der Waals surface area contributed by atoms with Crippen LogP contribution in [0.2, 0.25) is 0 Å². The minimum Gasteiger partial charge on any atom is -0.388 e. The molecule has 0 saturated heterocycles. The van der Waals surface area contributed by atoms with Crippen molar-refractivity contribution in [1.82, 2.24) is 9.97 Å². The first kappa shape index (κ1) is 14.4. The minimum atomic E-state index is -0.897. The Balaban J connectivity index is 2.59. The fourth-order valence-corrected chi connectivity index (χ4v) is 1.32. The van der Waals surface area contributed by atoms with Crippen molar-refractivity contribution in [2.75, 3.05) is 36.7 Å². The molecule has 1 aromatic heterocycles. The van der Waals surface area contributed by atoms with Gasteiger partial charge in [-0.15, -0.1) is 0 Å². The maximum Gasteiger partial charge on any atom is 0.223 e. The first-order valence-corrected chi connectivity index (χ1v) is 5.53. The van der Waals surface area contributed by atoms with Gasteiger partial charge in [0.05, 0.1) is 5.60 Å². The molecule has 7 N–H and O–H groups in total. The van der Waals surface area contributed by atoms with Crippen LogP contribution in [0.1, 0.15) is 13.3 Å². The van der Waals surface area contributed by atoms with Gasteiger partial charge in [0.1, 0.15) is 11.6 Å². The second-order valence-electron chi connectivity index (χ2n) is 4.23. The van der Waals surface area contributed by atoms with Crippen LogP contribution in [-0.2, 0) is 4.74 Å². The van der Waals surface area contributed by atoms with E-state index in [4.69, 9.17) is 16.3 Å². The summed E-state index contributed by atoms with van der Waals surface area (Å²) in [5.41, 5.74) is 7.00. The molecule has 0 aliphatic carbocycles. The van der Waals surface area contributed by atoms with Gasteiger partial charge >= 0.3 is 0 Å². The van der Waals surface area contributed by atoms with Gasteiger partial charge in [-0.3, -0.25) is 0 Å². The number of methoxy groups -OCH3 is 1. The number of rotatable bonds is 7. The third-order valence-corrected chi connectivity index (χ3v) is 2.39. The molecule has 0 amide bonds. The monoisotopic (exact) mass is 256 g/mol. The van der Waals surface area contributed by atoms with Gasteiger partial charge in [-0.1, -0.05) is 0 Å². The van der Waals surface area contributed by atoms with Crippen molar-refractivity contribution < 1.29 is 9.84 Å². The predicted octanol–water partition coefficient (Wildman–Crippen LogP) is -0.456. The summed E-state index contributed by atoms with van der Waals surface area (Å²) in [5, 5.41) is 13.0. The SMILES string of the molecule is COCCC(C)(O)CNc1cc(NN)nc(N)n1. The fraction of sp³-hybridized carbons (Fsp3) is 0.600. The smallest absolute Gasteiger partial charge is 0.223 e. The third kappa shape index (κ3) is 4.70. The molecular weight excluding hydrogens is 236 g/mol. The zero-order valence-corrected chi connectivity index (χ0v) is 10.6. The van der Waals surface area contributed by atoms with Gasteiger partial charge in [0.15, 0.2) is 0 Å². The van der Waals surface area contributed by atoms with Crippen molar-refractivity contribution in [3.63, 3.8) is 0 Å². The highest BCUT2D eigenvalue weighted by atomic mass is 16.5. The van der Waals surface area contributed by atoms with Crippen LogP contribution in [0.3, 0.4) is 0 Å². The number of aromatic nitrogens is 2. The number of aliphatic hydroxyl groups is 1. The summed E-state index contributed by atoms with van der Waals surface area (Å²) in [4.78, 5) is 7.84. The average Bonchev–Trinajstić information content (AvgIpc) is 2.33. The number of nitrogens with zero attached hydrogens (tertiary/aromatic N) is 2. The molecule has 1 heterocycles. The zero-order chi connectivity index (χ0) is 13.6. The van der Waals surface area contributed by atoms with E-state index >= 15 is 0 Å². The van der Waals surface area contributed by atoms with E-state index < -0.39 is 5.60 Å². The molecule has 8 nitrogen and oxygen atoms in total. The van der Waals surface area contributed by atoms with Gasteiger partial charge in [0.25, 0.3) is 0 Å². The topological polar surface area (TPSA) is 131 Å². The van der Waals surface area contributed by atoms with Crippen molar-refractivity contribution in [2.45, 2.75) is 18.9 Å². The third-order valence-electron chi connectivity index (χ3n) is 2.39. The Hall–Kier alpha value is -1.64. The molecule has 0 aliphatic heterocycles. The van der Waals surface area contributed by atoms with Crippen LogP contribution < -0.4 is 22.3 Å². The van der Waals surface area contributed by atoms with E-state index in [0.29, 0.717) is 31.2 Å². The Kier molecular flexibility index (Phi) is 5.08. The maximum atomic E-state index is 10.0. The van der Waals surface area contributed by atoms with Crippen molar-refractivity contribution in [3.8, 4) is 0 Å². The number of nitrogens with two attached hydrogens (primary N) is 2. The molecule has 8 heteroatoms. The molecule has 0 spiro atoms.